The fourth-order valence-electron chi connectivity index (χ4n) is 4.09. The average Bonchev–Trinajstić information content (AvgIpc) is 3.56. The molecule has 3 heterocycles. The first-order valence-electron chi connectivity index (χ1n) is 14.1. The molecule has 0 aliphatic rings. The standard InChI is InChI=1S/C32H26F2N8O5/c1-17(35-29(45)23-5-3-7-25(33)39-23)27(43)37-21-13-9-19(10-14-21)31-41-42-32(47-31)20-11-15-22(16-12-20)38-28(44)18(2)36-30(46)24-6-4-8-26(34)40-24/h3-18H,1-2H3,(H,35,45)(H,36,46)(H,37,43)(H,38,44)/t17-,18-/m0/s1. The maximum absolute atomic E-state index is 13.3. The van der Waals surface area contributed by atoms with Crippen molar-refractivity contribution < 1.29 is 32.4 Å². The van der Waals surface area contributed by atoms with E-state index in [0.29, 0.717) is 22.5 Å². The molecule has 0 radical (unpaired) electrons. The van der Waals surface area contributed by atoms with Crippen molar-refractivity contribution in [1.82, 2.24) is 30.8 Å². The SMILES string of the molecule is C[C@H](NC(=O)c1cccc(F)n1)C(=O)Nc1ccc(-c2nnc(-c3ccc(NC(=O)[C@H](C)NC(=O)c4cccc(F)n4)cc3)o2)cc1. The van der Waals surface area contributed by atoms with E-state index in [2.05, 4.69) is 41.4 Å². The Morgan fingerprint density at radius 2 is 0.979 bits per heavy atom. The van der Waals surface area contributed by atoms with Gasteiger partial charge in [-0.2, -0.15) is 8.78 Å². The Kier molecular flexibility index (Phi) is 9.64. The minimum absolute atomic E-state index is 0.148. The quantitative estimate of drug-likeness (QED) is 0.164. The molecule has 0 saturated carbocycles. The number of amides is 4. The molecule has 47 heavy (non-hydrogen) atoms. The van der Waals surface area contributed by atoms with Gasteiger partial charge < -0.3 is 25.7 Å². The lowest BCUT2D eigenvalue weighted by molar-refractivity contribution is -0.118. The highest BCUT2D eigenvalue weighted by Crippen LogP contribution is 2.26. The molecule has 0 aliphatic carbocycles. The summed E-state index contributed by atoms with van der Waals surface area (Å²) in [6, 6.07) is 18.9. The van der Waals surface area contributed by atoms with Gasteiger partial charge in [0.1, 0.15) is 23.5 Å². The molecule has 0 saturated heterocycles. The number of pyridine rings is 2. The number of carbonyl (C=O) groups is 4. The highest BCUT2D eigenvalue weighted by Gasteiger charge is 2.20. The molecule has 238 valence electrons. The molecular formula is C32H26F2N8O5. The molecule has 2 aromatic carbocycles. The van der Waals surface area contributed by atoms with Gasteiger partial charge in [0.2, 0.25) is 35.5 Å². The minimum atomic E-state index is -0.931. The summed E-state index contributed by atoms with van der Waals surface area (Å²) in [5.74, 6) is -3.55. The first kappa shape index (κ1) is 32.0. The summed E-state index contributed by atoms with van der Waals surface area (Å²) in [7, 11) is 0. The number of nitrogens with zero attached hydrogens (tertiary/aromatic N) is 4. The van der Waals surface area contributed by atoms with Crippen molar-refractivity contribution in [1.29, 1.82) is 0 Å². The van der Waals surface area contributed by atoms with Crippen LogP contribution in [-0.2, 0) is 9.59 Å². The number of rotatable bonds is 10. The van der Waals surface area contributed by atoms with E-state index in [4.69, 9.17) is 4.42 Å². The Hall–Kier alpha value is -6.38. The van der Waals surface area contributed by atoms with E-state index >= 15 is 0 Å². The van der Waals surface area contributed by atoms with Crippen molar-refractivity contribution in [3.63, 3.8) is 0 Å². The molecule has 0 unspecified atom stereocenters. The minimum Gasteiger partial charge on any atom is -0.416 e. The Bertz CT molecular complexity index is 1800. The summed E-state index contributed by atoms with van der Waals surface area (Å²) < 4.78 is 32.4. The van der Waals surface area contributed by atoms with Crippen LogP contribution in [-0.4, -0.2) is 55.9 Å². The molecule has 4 amide bonds. The third-order valence-corrected chi connectivity index (χ3v) is 6.60. The van der Waals surface area contributed by atoms with Gasteiger partial charge in [-0.25, -0.2) is 9.97 Å². The second-order valence-corrected chi connectivity index (χ2v) is 10.1. The lowest BCUT2D eigenvalue weighted by Crippen LogP contribution is -2.41. The van der Waals surface area contributed by atoms with Crippen LogP contribution in [0.4, 0.5) is 20.2 Å². The molecule has 5 aromatic rings. The van der Waals surface area contributed by atoms with Crippen LogP contribution in [0.15, 0.2) is 89.3 Å². The monoisotopic (exact) mass is 640 g/mol. The van der Waals surface area contributed by atoms with Crippen LogP contribution < -0.4 is 21.3 Å². The van der Waals surface area contributed by atoms with Crippen molar-refractivity contribution in [3.05, 3.63) is 108 Å². The van der Waals surface area contributed by atoms with Gasteiger partial charge in [-0.1, -0.05) is 12.1 Å². The van der Waals surface area contributed by atoms with Crippen molar-refractivity contribution in [2.24, 2.45) is 0 Å². The number of anilines is 2. The number of benzene rings is 2. The normalized spacial score (nSPS) is 12.0. The van der Waals surface area contributed by atoms with Crippen LogP contribution in [0.1, 0.15) is 34.8 Å². The zero-order chi connectivity index (χ0) is 33.5. The van der Waals surface area contributed by atoms with Crippen LogP contribution >= 0.6 is 0 Å². The Labute approximate surface area is 265 Å². The van der Waals surface area contributed by atoms with Gasteiger partial charge in [0, 0.05) is 22.5 Å². The van der Waals surface area contributed by atoms with Crippen LogP contribution in [0.25, 0.3) is 22.9 Å². The largest absolute Gasteiger partial charge is 0.416 e. The van der Waals surface area contributed by atoms with E-state index in [-0.39, 0.29) is 23.2 Å². The Morgan fingerprint density at radius 1 is 0.596 bits per heavy atom. The predicted octanol–water partition coefficient (Wildman–Crippen LogP) is 3.99. The van der Waals surface area contributed by atoms with E-state index < -0.39 is 47.6 Å². The highest BCUT2D eigenvalue weighted by atomic mass is 19.1. The van der Waals surface area contributed by atoms with E-state index in [1.54, 1.807) is 48.5 Å². The average molecular weight is 641 g/mol. The maximum atomic E-state index is 13.3. The lowest BCUT2D eigenvalue weighted by atomic mass is 10.2. The van der Waals surface area contributed by atoms with Gasteiger partial charge in [-0.3, -0.25) is 19.2 Å². The second-order valence-electron chi connectivity index (χ2n) is 10.1. The topological polar surface area (TPSA) is 181 Å². The van der Waals surface area contributed by atoms with Crippen molar-refractivity contribution in [2.75, 3.05) is 10.6 Å². The zero-order valence-corrected chi connectivity index (χ0v) is 24.8. The molecule has 2 atom stereocenters. The molecule has 13 nitrogen and oxygen atoms in total. The van der Waals surface area contributed by atoms with Crippen molar-refractivity contribution >= 4 is 35.0 Å². The molecule has 0 aliphatic heterocycles. The number of nitrogens with one attached hydrogen (secondary N) is 4. The van der Waals surface area contributed by atoms with Crippen molar-refractivity contribution in [2.45, 2.75) is 25.9 Å². The number of hydrogen-bond acceptors (Lipinski definition) is 9. The summed E-state index contributed by atoms with van der Waals surface area (Å²) in [5.41, 5.74) is 1.75. The summed E-state index contributed by atoms with van der Waals surface area (Å²) in [5, 5.41) is 18.5. The number of aromatic nitrogens is 4. The molecule has 5 rings (SSSR count). The number of carbonyl (C=O) groups excluding carboxylic acids is 4. The zero-order valence-electron chi connectivity index (χ0n) is 24.8. The molecule has 0 bridgehead atoms. The molecular weight excluding hydrogens is 614 g/mol. The van der Waals surface area contributed by atoms with Crippen LogP contribution in [0.5, 0.6) is 0 Å². The Balaban J connectivity index is 1.13. The van der Waals surface area contributed by atoms with Gasteiger partial charge in [-0.15, -0.1) is 10.2 Å². The molecule has 4 N–H and O–H groups in total. The molecule has 15 heteroatoms. The van der Waals surface area contributed by atoms with Crippen LogP contribution in [0, 0.1) is 11.9 Å². The summed E-state index contributed by atoms with van der Waals surface area (Å²) in [4.78, 5) is 56.6. The third-order valence-electron chi connectivity index (χ3n) is 6.60. The highest BCUT2D eigenvalue weighted by molar-refractivity contribution is 6.01. The van der Waals surface area contributed by atoms with Gasteiger partial charge >= 0.3 is 0 Å². The summed E-state index contributed by atoms with van der Waals surface area (Å²) in [6.07, 6.45) is 0. The molecule has 3 aromatic heterocycles. The van der Waals surface area contributed by atoms with Gasteiger partial charge in [0.05, 0.1) is 0 Å². The fourth-order valence-corrected chi connectivity index (χ4v) is 4.09. The number of hydrogen-bond donors (Lipinski definition) is 4. The van der Waals surface area contributed by atoms with E-state index in [1.165, 1.54) is 38.1 Å². The second kappa shape index (κ2) is 14.2. The van der Waals surface area contributed by atoms with Gasteiger partial charge in [0.15, 0.2) is 0 Å². The van der Waals surface area contributed by atoms with Gasteiger partial charge in [0.25, 0.3) is 11.8 Å². The van der Waals surface area contributed by atoms with Crippen molar-refractivity contribution in [3.8, 4) is 22.9 Å². The predicted molar refractivity (Wildman–Crippen MR) is 165 cm³/mol. The fraction of sp³-hybridized carbons (Fsp3) is 0.125. The van der Waals surface area contributed by atoms with Crippen LogP contribution in [0.3, 0.4) is 0 Å². The van der Waals surface area contributed by atoms with E-state index in [1.807, 2.05) is 0 Å². The van der Waals surface area contributed by atoms with E-state index in [0.717, 1.165) is 12.1 Å². The molecule has 0 spiro atoms. The smallest absolute Gasteiger partial charge is 0.270 e. The van der Waals surface area contributed by atoms with Crippen LogP contribution in [0.2, 0.25) is 0 Å². The summed E-state index contributed by atoms with van der Waals surface area (Å²) >= 11 is 0. The lowest BCUT2D eigenvalue weighted by Gasteiger charge is -2.14. The number of halogens is 2. The molecule has 0 fully saturated rings. The Morgan fingerprint density at radius 3 is 1.34 bits per heavy atom. The third kappa shape index (κ3) is 8.21. The van der Waals surface area contributed by atoms with Gasteiger partial charge in [-0.05, 0) is 86.6 Å². The van der Waals surface area contributed by atoms with E-state index in [9.17, 15) is 28.0 Å². The summed E-state index contributed by atoms with van der Waals surface area (Å²) in [6.45, 7) is 2.97. The maximum Gasteiger partial charge on any atom is 0.270 e. The first-order chi connectivity index (χ1) is 22.5. The first-order valence-corrected chi connectivity index (χ1v) is 14.1.